The van der Waals surface area contributed by atoms with Crippen molar-refractivity contribution in [2.75, 3.05) is 7.11 Å². The van der Waals surface area contributed by atoms with Crippen LogP contribution in [0.2, 0.25) is 0 Å². The Morgan fingerprint density at radius 1 is 1.11 bits per heavy atom. The Labute approximate surface area is 113 Å². The summed E-state index contributed by atoms with van der Waals surface area (Å²) < 4.78 is 5.41. The summed E-state index contributed by atoms with van der Waals surface area (Å²) in [5, 5.41) is 9.31. The maximum Gasteiger partial charge on any atom is 0.123 e. The van der Waals surface area contributed by atoms with Gasteiger partial charge in [-0.15, -0.1) is 6.42 Å². The summed E-state index contributed by atoms with van der Waals surface area (Å²) in [6, 6.07) is 13.0. The van der Waals surface area contributed by atoms with Crippen molar-refractivity contribution in [3.63, 3.8) is 0 Å². The van der Waals surface area contributed by atoms with E-state index >= 15 is 0 Å². The molecule has 0 amide bonds. The summed E-state index contributed by atoms with van der Waals surface area (Å²) in [5.74, 6) is 3.77. The maximum atomic E-state index is 9.31. The van der Waals surface area contributed by atoms with Gasteiger partial charge in [-0.3, -0.25) is 0 Å². The molecule has 2 heteroatoms. The van der Waals surface area contributed by atoms with Crippen LogP contribution in [0.25, 0.3) is 11.1 Å². The lowest BCUT2D eigenvalue weighted by atomic mass is 9.97. The summed E-state index contributed by atoms with van der Waals surface area (Å²) in [4.78, 5) is 0. The average Bonchev–Trinajstić information content (AvgIpc) is 2.46. The highest BCUT2D eigenvalue weighted by Gasteiger charge is 2.10. The molecule has 0 spiro atoms. The number of methoxy groups -OCH3 is 1. The molecule has 0 heterocycles. The number of phenols is 1. The van der Waals surface area contributed by atoms with Crippen molar-refractivity contribution in [2.45, 2.75) is 12.8 Å². The standard InChI is InChI=1S/C17H16O2/c1-4-12(2)16-10-7-14(11-17(16)19-3)13-5-8-15(18)9-6-13/h1,5-12,18H,2-3H3. The van der Waals surface area contributed by atoms with E-state index in [1.807, 2.05) is 37.3 Å². The fourth-order valence-electron chi connectivity index (χ4n) is 1.99. The van der Waals surface area contributed by atoms with Crippen LogP contribution >= 0.6 is 0 Å². The van der Waals surface area contributed by atoms with E-state index < -0.39 is 0 Å². The summed E-state index contributed by atoms with van der Waals surface area (Å²) in [5.41, 5.74) is 3.06. The molecular formula is C17H16O2. The van der Waals surface area contributed by atoms with E-state index in [0.29, 0.717) is 0 Å². The highest BCUT2D eigenvalue weighted by Crippen LogP contribution is 2.31. The zero-order valence-electron chi connectivity index (χ0n) is 11.1. The minimum atomic E-state index is 0.0174. The summed E-state index contributed by atoms with van der Waals surface area (Å²) >= 11 is 0. The predicted molar refractivity (Wildman–Crippen MR) is 77.3 cm³/mol. The topological polar surface area (TPSA) is 29.5 Å². The van der Waals surface area contributed by atoms with E-state index in [0.717, 1.165) is 22.4 Å². The Morgan fingerprint density at radius 2 is 1.74 bits per heavy atom. The molecule has 0 saturated heterocycles. The van der Waals surface area contributed by atoms with Gasteiger partial charge in [0.15, 0.2) is 0 Å². The fourth-order valence-corrected chi connectivity index (χ4v) is 1.99. The van der Waals surface area contributed by atoms with Crippen molar-refractivity contribution >= 4 is 0 Å². The van der Waals surface area contributed by atoms with Gasteiger partial charge in [-0.05, 0) is 36.2 Å². The molecule has 0 aliphatic carbocycles. The Bertz CT molecular complexity index is 606. The predicted octanol–water partition coefficient (Wildman–Crippen LogP) is 3.80. The van der Waals surface area contributed by atoms with Crippen molar-refractivity contribution in [3.05, 3.63) is 48.0 Å². The minimum absolute atomic E-state index is 0.0174. The van der Waals surface area contributed by atoms with Gasteiger partial charge in [0.05, 0.1) is 7.11 Å². The van der Waals surface area contributed by atoms with Crippen LogP contribution in [0.4, 0.5) is 0 Å². The first-order chi connectivity index (χ1) is 9.15. The van der Waals surface area contributed by atoms with Gasteiger partial charge >= 0.3 is 0 Å². The molecule has 1 atom stereocenters. The third-order valence-corrected chi connectivity index (χ3v) is 3.15. The molecule has 0 radical (unpaired) electrons. The molecule has 2 rings (SSSR count). The molecule has 2 aromatic carbocycles. The van der Waals surface area contributed by atoms with Gasteiger partial charge in [0, 0.05) is 11.5 Å². The Kier molecular flexibility index (Phi) is 3.77. The van der Waals surface area contributed by atoms with E-state index in [-0.39, 0.29) is 11.7 Å². The lowest BCUT2D eigenvalue weighted by molar-refractivity contribution is 0.409. The quantitative estimate of drug-likeness (QED) is 0.842. The van der Waals surface area contributed by atoms with Crippen molar-refractivity contribution in [1.29, 1.82) is 0 Å². The van der Waals surface area contributed by atoms with E-state index in [2.05, 4.69) is 5.92 Å². The first-order valence-corrected chi connectivity index (χ1v) is 6.09. The number of hydrogen-bond donors (Lipinski definition) is 1. The molecule has 0 aliphatic heterocycles. The van der Waals surface area contributed by atoms with E-state index in [9.17, 15) is 5.11 Å². The highest BCUT2D eigenvalue weighted by molar-refractivity contribution is 5.67. The van der Waals surface area contributed by atoms with Crippen LogP contribution < -0.4 is 4.74 Å². The molecule has 96 valence electrons. The van der Waals surface area contributed by atoms with Gasteiger partial charge in [0.25, 0.3) is 0 Å². The number of aromatic hydroxyl groups is 1. The largest absolute Gasteiger partial charge is 0.508 e. The van der Waals surface area contributed by atoms with Crippen molar-refractivity contribution in [1.82, 2.24) is 0 Å². The molecule has 0 aliphatic rings. The first-order valence-electron chi connectivity index (χ1n) is 6.09. The van der Waals surface area contributed by atoms with Crippen LogP contribution in [0.15, 0.2) is 42.5 Å². The zero-order chi connectivity index (χ0) is 13.8. The third-order valence-electron chi connectivity index (χ3n) is 3.15. The molecule has 2 nitrogen and oxygen atoms in total. The van der Waals surface area contributed by atoms with Crippen LogP contribution in [0.1, 0.15) is 18.4 Å². The molecule has 2 aromatic rings. The number of benzene rings is 2. The Morgan fingerprint density at radius 3 is 2.32 bits per heavy atom. The Hall–Kier alpha value is -2.40. The van der Waals surface area contributed by atoms with Crippen molar-refractivity contribution in [3.8, 4) is 35.0 Å². The van der Waals surface area contributed by atoms with Gasteiger partial charge in [0.1, 0.15) is 11.5 Å². The van der Waals surface area contributed by atoms with Crippen molar-refractivity contribution in [2.24, 2.45) is 0 Å². The molecule has 0 bridgehead atoms. The van der Waals surface area contributed by atoms with Gasteiger partial charge in [-0.1, -0.05) is 30.2 Å². The van der Waals surface area contributed by atoms with Gasteiger partial charge in [-0.2, -0.15) is 0 Å². The third kappa shape index (κ3) is 2.71. The van der Waals surface area contributed by atoms with Crippen LogP contribution in [0.5, 0.6) is 11.5 Å². The van der Waals surface area contributed by atoms with Crippen LogP contribution in [-0.2, 0) is 0 Å². The molecule has 0 aromatic heterocycles. The molecule has 1 N–H and O–H groups in total. The Balaban J connectivity index is 2.45. The highest BCUT2D eigenvalue weighted by atomic mass is 16.5. The number of terminal acetylenes is 1. The van der Waals surface area contributed by atoms with E-state index in [1.54, 1.807) is 19.2 Å². The SMILES string of the molecule is C#CC(C)c1ccc(-c2ccc(O)cc2)cc1OC. The minimum Gasteiger partial charge on any atom is -0.508 e. The summed E-state index contributed by atoms with van der Waals surface area (Å²) in [7, 11) is 1.64. The second-order valence-corrected chi connectivity index (χ2v) is 4.39. The molecule has 0 saturated carbocycles. The molecule has 0 fully saturated rings. The smallest absolute Gasteiger partial charge is 0.123 e. The second kappa shape index (κ2) is 5.49. The van der Waals surface area contributed by atoms with Crippen LogP contribution in [0.3, 0.4) is 0 Å². The number of phenolic OH excluding ortho intramolecular Hbond substituents is 1. The fraction of sp³-hybridized carbons (Fsp3) is 0.176. The van der Waals surface area contributed by atoms with E-state index in [4.69, 9.17) is 11.2 Å². The number of hydrogen-bond acceptors (Lipinski definition) is 2. The lowest BCUT2D eigenvalue weighted by Gasteiger charge is -2.13. The van der Waals surface area contributed by atoms with Crippen LogP contribution in [-0.4, -0.2) is 12.2 Å². The van der Waals surface area contributed by atoms with E-state index in [1.165, 1.54) is 0 Å². The van der Waals surface area contributed by atoms with Gasteiger partial charge < -0.3 is 9.84 Å². The molecule has 1 unspecified atom stereocenters. The molecule has 19 heavy (non-hydrogen) atoms. The van der Waals surface area contributed by atoms with Crippen LogP contribution in [0, 0.1) is 12.3 Å². The average molecular weight is 252 g/mol. The van der Waals surface area contributed by atoms with Gasteiger partial charge in [0.2, 0.25) is 0 Å². The lowest BCUT2D eigenvalue weighted by Crippen LogP contribution is -1.95. The molecular weight excluding hydrogens is 236 g/mol. The van der Waals surface area contributed by atoms with Crippen molar-refractivity contribution < 1.29 is 9.84 Å². The second-order valence-electron chi connectivity index (χ2n) is 4.39. The summed E-state index contributed by atoms with van der Waals surface area (Å²) in [6.45, 7) is 1.97. The summed E-state index contributed by atoms with van der Waals surface area (Å²) in [6.07, 6.45) is 5.46. The number of rotatable bonds is 3. The first kappa shape index (κ1) is 13.0. The maximum absolute atomic E-state index is 9.31. The number of ether oxygens (including phenoxy) is 1. The normalized spacial score (nSPS) is 11.6. The van der Waals surface area contributed by atoms with Gasteiger partial charge in [-0.25, -0.2) is 0 Å². The monoisotopic (exact) mass is 252 g/mol. The zero-order valence-corrected chi connectivity index (χ0v) is 11.1.